The van der Waals surface area contributed by atoms with Gasteiger partial charge in [-0.2, -0.15) is 0 Å². The second-order valence-electron chi connectivity index (χ2n) is 10.4. The van der Waals surface area contributed by atoms with Crippen molar-refractivity contribution in [3.63, 3.8) is 0 Å². The molecule has 5 aromatic rings. The van der Waals surface area contributed by atoms with E-state index in [0.717, 1.165) is 22.2 Å². The molecule has 202 valence electrons. The average Bonchev–Trinajstić information content (AvgIpc) is 3.38. The fourth-order valence-corrected chi connectivity index (χ4v) is 5.43. The number of pyridine rings is 1. The van der Waals surface area contributed by atoms with Crippen LogP contribution in [0.5, 0.6) is 0 Å². The summed E-state index contributed by atoms with van der Waals surface area (Å²) in [5.74, 6) is -0.323. The number of aromatic amines is 1. The van der Waals surface area contributed by atoms with Crippen LogP contribution < -0.4 is 5.56 Å². The Morgan fingerprint density at radius 2 is 1.82 bits per heavy atom. The Hall–Kier alpha value is -4.43. The molecule has 0 radical (unpaired) electrons. The number of aryl methyl sites for hydroxylation is 2. The summed E-state index contributed by atoms with van der Waals surface area (Å²) in [7, 11) is 0. The van der Waals surface area contributed by atoms with E-state index in [9.17, 15) is 14.0 Å². The molecule has 1 saturated heterocycles. The Labute approximate surface area is 230 Å². The summed E-state index contributed by atoms with van der Waals surface area (Å²) < 4.78 is 21.6. The molecule has 0 saturated carbocycles. The van der Waals surface area contributed by atoms with Gasteiger partial charge in [-0.1, -0.05) is 48.5 Å². The zero-order chi connectivity index (χ0) is 27.5. The van der Waals surface area contributed by atoms with E-state index in [1.165, 1.54) is 10.6 Å². The summed E-state index contributed by atoms with van der Waals surface area (Å²) >= 11 is 0. The van der Waals surface area contributed by atoms with E-state index in [4.69, 9.17) is 4.74 Å². The van der Waals surface area contributed by atoms with Crippen molar-refractivity contribution >= 4 is 16.7 Å². The second kappa shape index (κ2) is 11.0. The number of carbonyl (C=O) groups is 1. The van der Waals surface area contributed by atoms with Crippen LogP contribution in [0.4, 0.5) is 4.39 Å². The maximum atomic E-state index is 14.6. The number of ether oxygens (including phenoxy) is 1. The average molecular weight is 537 g/mol. The maximum Gasteiger partial charge on any atom is 0.273 e. The van der Waals surface area contributed by atoms with Gasteiger partial charge in [0, 0.05) is 40.8 Å². The second-order valence-corrected chi connectivity index (χ2v) is 10.4. The van der Waals surface area contributed by atoms with E-state index in [1.807, 2.05) is 48.5 Å². The van der Waals surface area contributed by atoms with Crippen LogP contribution in [0, 0.1) is 5.82 Å². The lowest BCUT2D eigenvalue weighted by atomic mass is 9.74. The number of nitrogens with zero attached hydrogens (tertiary/aromatic N) is 3. The van der Waals surface area contributed by atoms with Crippen molar-refractivity contribution in [3.05, 3.63) is 118 Å². The highest BCUT2D eigenvalue weighted by Gasteiger charge is 2.42. The lowest BCUT2D eigenvalue weighted by Gasteiger charge is -2.42. The summed E-state index contributed by atoms with van der Waals surface area (Å²) in [6.45, 7) is 0.737. The van der Waals surface area contributed by atoms with Gasteiger partial charge in [0.2, 0.25) is 0 Å². The first kappa shape index (κ1) is 25.8. The molecule has 0 unspecified atom stereocenters. The number of hydrogen-bond acceptors (Lipinski definition) is 5. The maximum absolute atomic E-state index is 14.6. The molecule has 40 heavy (non-hydrogen) atoms. The summed E-state index contributed by atoms with van der Waals surface area (Å²) in [4.78, 5) is 38.9. The molecule has 0 bridgehead atoms. The number of aromatic nitrogens is 4. The van der Waals surface area contributed by atoms with Gasteiger partial charge in [-0.3, -0.25) is 24.1 Å². The number of hydrogen-bond donors (Lipinski definition) is 1. The Balaban J connectivity index is 1.24. The number of H-pyrrole nitrogens is 1. The first-order valence-corrected chi connectivity index (χ1v) is 13.4. The van der Waals surface area contributed by atoms with Crippen molar-refractivity contribution in [1.82, 2.24) is 19.5 Å². The Morgan fingerprint density at radius 1 is 1.02 bits per heavy atom. The smallest absolute Gasteiger partial charge is 0.273 e. The number of halogens is 1. The minimum Gasteiger partial charge on any atom is -0.379 e. The third kappa shape index (κ3) is 5.10. The number of benzene rings is 2. The van der Waals surface area contributed by atoms with E-state index in [-0.39, 0.29) is 30.1 Å². The molecular weight excluding hydrogens is 507 g/mol. The topological polar surface area (TPSA) is 89.9 Å². The van der Waals surface area contributed by atoms with Crippen molar-refractivity contribution in [2.75, 3.05) is 13.2 Å². The lowest BCUT2D eigenvalue weighted by Crippen LogP contribution is -2.48. The predicted octanol–water partition coefficient (Wildman–Crippen LogP) is 5.03. The molecule has 4 heterocycles. The van der Waals surface area contributed by atoms with E-state index < -0.39 is 5.41 Å². The molecular formula is C32H29FN4O3. The zero-order valence-electron chi connectivity index (χ0n) is 22.0. The fourth-order valence-electron chi connectivity index (χ4n) is 5.43. The van der Waals surface area contributed by atoms with Gasteiger partial charge in [-0.05, 0) is 48.6 Å². The molecule has 0 atom stereocenters. The highest BCUT2D eigenvalue weighted by Crippen LogP contribution is 2.38. The van der Waals surface area contributed by atoms with Crippen LogP contribution in [0.2, 0.25) is 0 Å². The third-order valence-corrected chi connectivity index (χ3v) is 7.72. The van der Waals surface area contributed by atoms with Crippen molar-refractivity contribution in [3.8, 4) is 11.3 Å². The van der Waals surface area contributed by atoms with Crippen LogP contribution in [-0.4, -0.2) is 38.5 Å². The van der Waals surface area contributed by atoms with Gasteiger partial charge in [0.15, 0.2) is 5.78 Å². The van der Waals surface area contributed by atoms with Crippen LogP contribution in [0.3, 0.4) is 0 Å². The molecule has 0 aliphatic carbocycles. The molecule has 7 nitrogen and oxygen atoms in total. The summed E-state index contributed by atoms with van der Waals surface area (Å²) in [5.41, 5.74) is 3.50. The van der Waals surface area contributed by atoms with E-state index in [0.29, 0.717) is 49.4 Å². The number of nitrogens with one attached hydrogen (secondary N) is 1. The highest BCUT2D eigenvalue weighted by molar-refractivity contribution is 5.81. The van der Waals surface area contributed by atoms with Gasteiger partial charge in [0.1, 0.15) is 11.5 Å². The van der Waals surface area contributed by atoms with Gasteiger partial charge >= 0.3 is 0 Å². The highest BCUT2D eigenvalue weighted by atomic mass is 19.1. The molecule has 0 amide bonds. The molecule has 1 N–H and O–H groups in total. The lowest BCUT2D eigenvalue weighted by molar-refractivity contribution is -0.119. The van der Waals surface area contributed by atoms with Crippen molar-refractivity contribution in [2.24, 2.45) is 0 Å². The standard InChI is InChI=1S/C32H29FN4O3/c33-27-9-5-4-8-26(27)32(20-40-21-32)14-12-29-31(39)37(30(18-35-29)22-6-2-1-3-7-22)19-25(38)11-10-24-16-23-17-34-15-13-28(23)36-24/h1-9,13,15-18,36H,10-12,14,19-21H2. The monoisotopic (exact) mass is 536 g/mol. The van der Waals surface area contributed by atoms with E-state index >= 15 is 0 Å². The molecule has 0 spiro atoms. The molecule has 1 fully saturated rings. The molecule has 3 aromatic heterocycles. The Morgan fingerprint density at radius 3 is 2.58 bits per heavy atom. The van der Waals surface area contributed by atoms with Crippen LogP contribution in [0.15, 0.2) is 90.1 Å². The number of Topliss-reactive ketones (excluding diaryl/α,β-unsaturated/α-hetero) is 1. The first-order valence-electron chi connectivity index (χ1n) is 13.4. The summed E-state index contributed by atoms with van der Waals surface area (Å²) in [5, 5.41) is 0.997. The number of carbonyl (C=O) groups excluding carboxylic acids is 1. The number of rotatable bonds is 10. The van der Waals surface area contributed by atoms with Gasteiger partial charge in [0.25, 0.3) is 5.56 Å². The van der Waals surface area contributed by atoms with Crippen LogP contribution in [-0.2, 0) is 34.3 Å². The quantitative estimate of drug-likeness (QED) is 0.271. The number of ketones is 1. The zero-order valence-corrected chi connectivity index (χ0v) is 22.0. The minimum atomic E-state index is -0.493. The van der Waals surface area contributed by atoms with Gasteiger partial charge in [-0.25, -0.2) is 4.39 Å². The SMILES string of the molecule is O=C(CCc1cc2cnccc2[nH]1)Cn1c(-c2ccccc2)cnc(CCC2(c3ccccc3F)COC2)c1=O. The Bertz CT molecular complexity index is 1690. The largest absolute Gasteiger partial charge is 0.379 e. The molecule has 8 heteroatoms. The van der Waals surface area contributed by atoms with Crippen molar-refractivity contribution in [1.29, 1.82) is 0 Å². The minimum absolute atomic E-state index is 0.0524. The Kier molecular flexibility index (Phi) is 7.09. The number of fused-ring (bicyclic) bond motifs is 1. The molecule has 1 aliphatic rings. The summed E-state index contributed by atoms with van der Waals surface area (Å²) in [6.07, 6.45) is 6.86. The molecule has 6 rings (SSSR count). The van der Waals surface area contributed by atoms with Gasteiger partial charge in [0.05, 0.1) is 31.6 Å². The van der Waals surface area contributed by atoms with Gasteiger partial charge in [-0.15, -0.1) is 0 Å². The molecule has 2 aromatic carbocycles. The summed E-state index contributed by atoms with van der Waals surface area (Å²) in [6, 6.07) is 20.1. The third-order valence-electron chi connectivity index (χ3n) is 7.72. The van der Waals surface area contributed by atoms with Crippen LogP contribution in [0.1, 0.15) is 29.8 Å². The fraction of sp³-hybridized carbons (Fsp3) is 0.250. The van der Waals surface area contributed by atoms with Crippen LogP contribution >= 0.6 is 0 Å². The van der Waals surface area contributed by atoms with Crippen molar-refractivity contribution in [2.45, 2.75) is 37.6 Å². The normalized spacial score (nSPS) is 14.2. The van der Waals surface area contributed by atoms with Crippen LogP contribution in [0.25, 0.3) is 22.2 Å². The molecule has 1 aliphatic heterocycles. The first-order chi connectivity index (χ1) is 19.5. The van der Waals surface area contributed by atoms with E-state index in [1.54, 1.807) is 30.7 Å². The van der Waals surface area contributed by atoms with E-state index in [2.05, 4.69) is 15.0 Å². The van der Waals surface area contributed by atoms with Crippen molar-refractivity contribution < 1.29 is 13.9 Å². The predicted molar refractivity (Wildman–Crippen MR) is 151 cm³/mol. The van der Waals surface area contributed by atoms with Gasteiger partial charge < -0.3 is 9.72 Å².